The van der Waals surface area contributed by atoms with Gasteiger partial charge in [-0.1, -0.05) is 0 Å². The molecule has 6 heteroatoms. The summed E-state index contributed by atoms with van der Waals surface area (Å²) in [4.78, 5) is 16.5. The fourth-order valence-electron chi connectivity index (χ4n) is 2.43. The molecule has 1 aliphatic rings. The van der Waals surface area contributed by atoms with Crippen LogP contribution in [0.15, 0.2) is 0 Å². The molecule has 1 saturated heterocycles. The molecule has 0 N–H and O–H groups in total. The quantitative estimate of drug-likeness (QED) is 0.444. The highest BCUT2D eigenvalue weighted by molar-refractivity contribution is 5.75. The van der Waals surface area contributed by atoms with Crippen molar-refractivity contribution in [2.45, 2.75) is 40.7 Å². The van der Waals surface area contributed by atoms with E-state index >= 15 is 0 Å². The summed E-state index contributed by atoms with van der Waals surface area (Å²) in [7, 11) is 0. The molecule has 0 aliphatic carbocycles. The van der Waals surface area contributed by atoms with Gasteiger partial charge in [0.25, 0.3) is 0 Å². The molecule has 6 nitrogen and oxygen atoms in total. The highest BCUT2D eigenvalue weighted by Gasteiger charge is 2.22. The summed E-state index contributed by atoms with van der Waals surface area (Å²) in [6, 6.07) is 0.642. The lowest BCUT2D eigenvalue weighted by atomic mass is 9.97. The van der Waals surface area contributed by atoms with Gasteiger partial charge in [0.05, 0.1) is 31.8 Å². The Balaban J connectivity index is 1.89. The minimum Gasteiger partial charge on any atom is -0.463 e. The average Bonchev–Trinajstić information content (AvgIpc) is 2.52. The number of hydrogen-bond donors (Lipinski definition) is 0. The van der Waals surface area contributed by atoms with Gasteiger partial charge in [-0.25, -0.2) is 0 Å². The first-order chi connectivity index (χ1) is 11.3. The average molecular weight is 344 g/mol. The van der Waals surface area contributed by atoms with Crippen molar-refractivity contribution < 1.29 is 19.0 Å². The normalized spacial score (nSPS) is 17.4. The zero-order valence-corrected chi connectivity index (χ0v) is 16.2. The first kappa shape index (κ1) is 21.4. The van der Waals surface area contributed by atoms with Gasteiger partial charge in [-0.2, -0.15) is 0 Å². The van der Waals surface area contributed by atoms with Gasteiger partial charge in [0.15, 0.2) is 0 Å². The van der Waals surface area contributed by atoms with E-state index in [0.29, 0.717) is 32.5 Å². The number of hydrogen-bond acceptors (Lipinski definition) is 6. The third kappa shape index (κ3) is 8.97. The Kier molecular flexibility index (Phi) is 9.81. The Labute approximate surface area is 147 Å². The summed E-state index contributed by atoms with van der Waals surface area (Å²) < 4.78 is 16.1. The van der Waals surface area contributed by atoms with Crippen LogP contribution in [0.2, 0.25) is 0 Å². The lowest BCUT2D eigenvalue weighted by molar-refractivity contribution is -0.154. The number of esters is 1. The molecule has 1 heterocycles. The van der Waals surface area contributed by atoms with Gasteiger partial charge in [-0.3, -0.25) is 14.6 Å². The van der Waals surface area contributed by atoms with Gasteiger partial charge in [0, 0.05) is 38.8 Å². The summed E-state index contributed by atoms with van der Waals surface area (Å²) in [5, 5.41) is 0. The smallest absolute Gasteiger partial charge is 0.311 e. The standard InChI is InChI=1S/C18H36N2O4/c1-16(2)20-8-6-19(7-9-20)10-11-22-12-13-23-14-15-24-17(21)18(3,4)5/h16H,6-15H2,1-5H3. The highest BCUT2D eigenvalue weighted by atomic mass is 16.6. The fourth-order valence-corrected chi connectivity index (χ4v) is 2.43. The van der Waals surface area contributed by atoms with Crippen molar-refractivity contribution in [2.24, 2.45) is 5.41 Å². The predicted molar refractivity (Wildman–Crippen MR) is 95.2 cm³/mol. The van der Waals surface area contributed by atoms with Crippen LogP contribution >= 0.6 is 0 Å². The Morgan fingerprint density at radius 3 is 2.00 bits per heavy atom. The highest BCUT2D eigenvalue weighted by Crippen LogP contribution is 2.14. The predicted octanol–water partition coefficient (Wildman–Crippen LogP) is 1.63. The van der Waals surface area contributed by atoms with Crippen molar-refractivity contribution in [1.29, 1.82) is 0 Å². The molecular weight excluding hydrogens is 308 g/mol. The van der Waals surface area contributed by atoms with E-state index < -0.39 is 5.41 Å². The Bertz CT molecular complexity index is 347. The van der Waals surface area contributed by atoms with E-state index in [1.165, 1.54) is 0 Å². The molecule has 0 spiro atoms. The van der Waals surface area contributed by atoms with Crippen LogP contribution in [0.3, 0.4) is 0 Å². The molecular formula is C18H36N2O4. The van der Waals surface area contributed by atoms with E-state index in [4.69, 9.17) is 14.2 Å². The molecule has 0 aromatic carbocycles. The van der Waals surface area contributed by atoms with Gasteiger partial charge in [-0.15, -0.1) is 0 Å². The van der Waals surface area contributed by atoms with E-state index in [-0.39, 0.29) is 5.97 Å². The van der Waals surface area contributed by atoms with Crippen LogP contribution in [0.25, 0.3) is 0 Å². The van der Waals surface area contributed by atoms with Crippen molar-refractivity contribution >= 4 is 5.97 Å². The van der Waals surface area contributed by atoms with Crippen molar-refractivity contribution in [1.82, 2.24) is 9.80 Å². The molecule has 1 aliphatic heterocycles. The number of rotatable bonds is 10. The van der Waals surface area contributed by atoms with Gasteiger partial charge in [0.2, 0.25) is 0 Å². The number of nitrogens with zero attached hydrogens (tertiary/aromatic N) is 2. The summed E-state index contributed by atoms with van der Waals surface area (Å²) in [5.41, 5.74) is -0.455. The molecule has 0 bridgehead atoms. The van der Waals surface area contributed by atoms with Crippen molar-refractivity contribution in [3.05, 3.63) is 0 Å². The van der Waals surface area contributed by atoms with E-state index in [9.17, 15) is 4.79 Å². The second-order valence-corrected chi connectivity index (χ2v) is 7.58. The molecule has 0 saturated carbocycles. The van der Waals surface area contributed by atoms with E-state index in [1.54, 1.807) is 0 Å². The summed E-state index contributed by atoms with van der Waals surface area (Å²) in [5.74, 6) is -0.195. The Morgan fingerprint density at radius 1 is 0.917 bits per heavy atom. The maximum atomic E-state index is 11.5. The van der Waals surface area contributed by atoms with Gasteiger partial charge in [-0.05, 0) is 34.6 Å². The van der Waals surface area contributed by atoms with E-state index in [1.807, 2.05) is 20.8 Å². The fraction of sp³-hybridized carbons (Fsp3) is 0.944. The molecule has 24 heavy (non-hydrogen) atoms. The minimum absolute atomic E-state index is 0.195. The number of ether oxygens (including phenoxy) is 3. The van der Waals surface area contributed by atoms with Crippen LogP contribution in [0.4, 0.5) is 0 Å². The zero-order valence-electron chi connectivity index (χ0n) is 16.2. The van der Waals surface area contributed by atoms with Gasteiger partial charge in [0.1, 0.15) is 6.61 Å². The third-order valence-electron chi connectivity index (χ3n) is 4.13. The van der Waals surface area contributed by atoms with Crippen molar-refractivity contribution in [2.75, 3.05) is 65.8 Å². The van der Waals surface area contributed by atoms with Gasteiger partial charge < -0.3 is 14.2 Å². The zero-order chi connectivity index (χ0) is 18.0. The van der Waals surface area contributed by atoms with Crippen LogP contribution in [0.5, 0.6) is 0 Å². The van der Waals surface area contributed by atoms with Crippen molar-refractivity contribution in [3.63, 3.8) is 0 Å². The summed E-state index contributed by atoms with van der Waals surface area (Å²) in [6.07, 6.45) is 0. The molecule has 142 valence electrons. The number of carbonyl (C=O) groups excluding carboxylic acids is 1. The van der Waals surface area contributed by atoms with Crippen LogP contribution in [-0.4, -0.2) is 87.6 Å². The first-order valence-corrected chi connectivity index (χ1v) is 9.10. The molecule has 0 aromatic heterocycles. The van der Waals surface area contributed by atoms with Crippen LogP contribution in [0, 0.1) is 5.41 Å². The second kappa shape index (κ2) is 11.0. The first-order valence-electron chi connectivity index (χ1n) is 9.10. The monoisotopic (exact) mass is 344 g/mol. The minimum atomic E-state index is -0.455. The summed E-state index contributed by atoms with van der Waals surface area (Å²) >= 11 is 0. The molecule has 1 fully saturated rings. The topological polar surface area (TPSA) is 51.2 Å². The Hall–Kier alpha value is -0.690. The molecule has 0 aromatic rings. The molecule has 0 atom stereocenters. The number of piperazine rings is 1. The van der Waals surface area contributed by atoms with Gasteiger partial charge >= 0.3 is 5.97 Å². The molecule has 0 radical (unpaired) electrons. The maximum Gasteiger partial charge on any atom is 0.311 e. The molecule has 1 rings (SSSR count). The summed E-state index contributed by atoms with van der Waals surface area (Å²) in [6.45, 7) is 18.1. The van der Waals surface area contributed by atoms with Crippen molar-refractivity contribution in [3.8, 4) is 0 Å². The van der Waals surface area contributed by atoms with Crippen LogP contribution in [0.1, 0.15) is 34.6 Å². The molecule has 0 unspecified atom stereocenters. The van der Waals surface area contributed by atoms with Crippen LogP contribution < -0.4 is 0 Å². The SMILES string of the molecule is CC(C)N1CCN(CCOCCOCCOC(=O)C(C)(C)C)CC1. The Morgan fingerprint density at radius 2 is 1.46 bits per heavy atom. The van der Waals surface area contributed by atoms with E-state index in [2.05, 4.69) is 23.6 Å². The lowest BCUT2D eigenvalue weighted by Gasteiger charge is -2.36. The lowest BCUT2D eigenvalue weighted by Crippen LogP contribution is -2.49. The third-order valence-corrected chi connectivity index (χ3v) is 4.13. The second-order valence-electron chi connectivity index (χ2n) is 7.58. The molecule has 0 amide bonds. The largest absolute Gasteiger partial charge is 0.463 e. The van der Waals surface area contributed by atoms with E-state index in [0.717, 1.165) is 39.3 Å². The number of carbonyl (C=O) groups is 1. The maximum absolute atomic E-state index is 11.5. The van der Waals surface area contributed by atoms with Crippen LogP contribution in [-0.2, 0) is 19.0 Å².